The number of rotatable bonds is 2. The fraction of sp³-hybridized carbons (Fsp3) is 0.467. The van der Waals surface area contributed by atoms with Crippen LogP contribution in [-0.2, 0) is 0 Å². The first kappa shape index (κ1) is 11.7. The molecule has 18 heavy (non-hydrogen) atoms. The molecule has 0 saturated heterocycles. The summed E-state index contributed by atoms with van der Waals surface area (Å²) in [6, 6.07) is 6.36. The van der Waals surface area contributed by atoms with Gasteiger partial charge in [-0.05, 0) is 57.6 Å². The van der Waals surface area contributed by atoms with E-state index in [9.17, 15) is 4.39 Å². The molecule has 1 heterocycles. The highest BCUT2D eigenvalue weighted by molar-refractivity contribution is 5.84. The number of benzene rings is 1. The van der Waals surface area contributed by atoms with Gasteiger partial charge < -0.3 is 9.47 Å². The third-order valence-corrected chi connectivity index (χ3v) is 4.21. The number of hydrogen-bond acceptors (Lipinski definition) is 1. The van der Waals surface area contributed by atoms with Crippen LogP contribution in [0.2, 0.25) is 0 Å². The summed E-state index contributed by atoms with van der Waals surface area (Å²) in [6.07, 6.45) is 4.54. The minimum atomic E-state index is -0.150. The summed E-state index contributed by atoms with van der Waals surface area (Å²) in [5, 5.41) is 1.04. The molecule has 96 valence electrons. The number of fused-ring (bicyclic) bond motifs is 1. The molecule has 1 aliphatic rings. The van der Waals surface area contributed by atoms with Gasteiger partial charge in [0.2, 0.25) is 0 Å². The van der Waals surface area contributed by atoms with Crippen molar-refractivity contribution < 1.29 is 4.39 Å². The molecule has 2 aromatic rings. The maximum Gasteiger partial charge on any atom is 0.123 e. The highest BCUT2D eigenvalue weighted by Gasteiger charge is 2.32. The van der Waals surface area contributed by atoms with Gasteiger partial charge in [0.05, 0.1) is 0 Å². The van der Waals surface area contributed by atoms with Crippen molar-refractivity contribution in [2.45, 2.75) is 31.8 Å². The van der Waals surface area contributed by atoms with Gasteiger partial charge in [-0.3, -0.25) is 0 Å². The molecular weight excluding hydrogens is 227 g/mol. The lowest BCUT2D eigenvalue weighted by Crippen LogP contribution is -2.41. The van der Waals surface area contributed by atoms with E-state index in [0.29, 0.717) is 12.1 Å². The van der Waals surface area contributed by atoms with E-state index in [0.717, 1.165) is 16.5 Å². The monoisotopic (exact) mass is 246 g/mol. The molecule has 1 fully saturated rings. The Morgan fingerprint density at radius 3 is 2.67 bits per heavy atom. The Bertz CT molecular complexity index is 579. The van der Waals surface area contributed by atoms with Crippen LogP contribution >= 0.6 is 0 Å². The van der Waals surface area contributed by atoms with Gasteiger partial charge in [0.1, 0.15) is 5.82 Å². The van der Waals surface area contributed by atoms with Crippen molar-refractivity contribution in [3.05, 3.63) is 35.8 Å². The van der Waals surface area contributed by atoms with Crippen LogP contribution in [0.25, 0.3) is 10.9 Å². The molecule has 3 heteroatoms. The predicted octanol–water partition coefficient (Wildman–Crippen LogP) is 3.35. The van der Waals surface area contributed by atoms with Crippen LogP contribution < -0.4 is 0 Å². The van der Waals surface area contributed by atoms with Gasteiger partial charge in [-0.25, -0.2) is 4.39 Å². The zero-order valence-electron chi connectivity index (χ0n) is 11.2. The second-order valence-corrected chi connectivity index (χ2v) is 5.62. The molecule has 1 aromatic carbocycles. The molecule has 0 radical (unpaired) electrons. The van der Waals surface area contributed by atoms with E-state index in [4.69, 9.17) is 0 Å². The smallest absolute Gasteiger partial charge is 0.123 e. The van der Waals surface area contributed by atoms with Crippen LogP contribution in [0.4, 0.5) is 4.39 Å². The minimum Gasteiger partial charge on any atom is -0.344 e. The zero-order chi connectivity index (χ0) is 12.9. The van der Waals surface area contributed by atoms with Gasteiger partial charge in [0.25, 0.3) is 0 Å². The molecule has 2 nitrogen and oxygen atoms in total. The summed E-state index contributed by atoms with van der Waals surface area (Å²) in [5.74, 6) is -0.150. The Hall–Kier alpha value is -1.35. The van der Waals surface area contributed by atoms with Gasteiger partial charge in [-0.2, -0.15) is 0 Å². The summed E-state index contributed by atoms with van der Waals surface area (Å²) in [6.45, 7) is 2.06. The third-order valence-electron chi connectivity index (χ3n) is 4.21. The van der Waals surface area contributed by atoms with Crippen molar-refractivity contribution in [2.75, 3.05) is 14.1 Å². The molecule has 0 unspecified atom stereocenters. The quantitative estimate of drug-likeness (QED) is 0.789. The number of hydrogen-bond donors (Lipinski definition) is 0. The normalized spacial score (nSPS) is 23.6. The molecule has 3 rings (SSSR count). The van der Waals surface area contributed by atoms with Gasteiger partial charge in [-0.15, -0.1) is 0 Å². The number of halogens is 1. The summed E-state index contributed by atoms with van der Waals surface area (Å²) >= 11 is 0. The Morgan fingerprint density at radius 1 is 1.28 bits per heavy atom. The second-order valence-electron chi connectivity index (χ2n) is 5.62. The first-order valence-corrected chi connectivity index (χ1v) is 6.49. The first-order chi connectivity index (χ1) is 8.56. The van der Waals surface area contributed by atoms with Gasteiger partial charge in [-0.1, -0.05) is 0 Å². The van der Waals surface area contributed by atoms with Crippen molar-refractivity contribution in [2.24, 2.45) is 0 Å². The van der Waals surface area contributed by atoms with E-state index in [-0.39, 0.29) is 5.82 Å². The van der Waals surface area contributed by atoms with Crippen LogP contribution in [-0.4, -0.2) is 29.6 Å². The molecule has 1 aliphatic carbocycles. The van der Waals surface area contributed by atoms with E-state index in [1.807, 2.05) is 6.07 Å². The minimum absolute atomic E-state index is 0.150. The first-order valence-electron chi connectivity index (χ1n) is 6.49. The topological polar surface area (TPSA) is 8.17 Å². The molecule has 0 bridgehead atoms. The van der Waals surface area contributed by atoms with E-state index >= 15 is 0 Å². The number of aromatic nitrogens is 1. The Kier molecular flexibility index (Phi) is 2.67. The van der Waals surface area contributed by atoms with E-state index in [2.05, 4.69) is 36.7 Å². The maximum atomic E-state index is 13.3. The van der Waals surface area contributed by atoms with E-state index < -0.39 is 0 Å². The zero-order valence-corrected chi connectivity index (χ0v) is 11.2. The van der Waals surface area contributed by atoms with Crippen molar-refractivity contribution in [3.63, 3.8) is 0 Å². The third kappa shape index (κ3) is 1.74. The lowest BCUT2D eigenvalue weighted by atomic mass is 9.85. The average Bonchev–Trinajstić information content (AvgIpc) is 2.53. The second kappa shape index (κ2) is 4.09. The SMILES string of the molecule is Cc1cn(C2CC(N(C)C)C2)c2ccc(F)cc12. The predicted molar refractivity (Wildman–Crippen MR) is 72.4 cm³/mol. The van der Waals surface area contributed by atoms with Crippen LogP contribution in [0.1, 0.15) is 24.4 Å². The highest BCUT2D eigenvalue weighted by atomic mass is 19.1. The molecule has 1 aromatic heterocycles. The molecule has 0 atom stereocenters. The molecule has 0 N–H and O–H groups in total. The van der Waals surface area contributed by atoms with Crippen LogP contribution in [0.15, 0.2) is 24.4 Å². The fourth-order valence-corrected chi connectivity index (χ4v) is 2.91. The van der Waals surface area contributed by atoms with Gasteiger partial charge >= 0.3 is 0 Å². The summed E-state index contributed by atoms with van der Waals surface area (Å²) in [4.78, 5) is 2.29. The largest absolute Gasteiger partial charge is 0.344 e. The molecular formula is C15H19FN2. The van der Waals surface area contributed by atoms with Crippen LogP contribution in [0.5, 0.6) is 0 Å². The molecule has 0 spiro atoms. The molecule has 0 aliphatic heterocycles. The standard InChI is InChI=1S/C15H19FN2/c1-10-9-18(13-7-12(8-13)17(2)3)15-5-4-11(16)6-14(10)15/h4-6,9,12-13H,7-8H2,1-3H3. The van der Waals surface area contributed by atoms with Gasteiger partial charge in [0.15, 0.2) is 0 Å². The Labute approximate surface area is 107 Å². The lowest BCUT2D eigenvalue weighted by Gasteiger charge is -2.40. The van der Waals surface area contributed by atoms with Crippen molar-refractivity contribution >= 4 is 10.9 Å². The van der Waals surface area contributed by atoms with Crippen LogP contribution in [0.3, 0.4) is 0 Å². The average molecular weight is 246 g/mol. The van der Waals surface area contributed by atoms with Crippen molar-refractivity contribution in [3.8, 4) is 0 Å². The van der Waals surface area contributed by atoms with E-state index in [1.165, 1.54) is 12.8 Å². The summed E-state index contributed by atoms with van der Waals surface area (Å²) < 4.78 is 15.6. The van der Waals surface area contributed by atoms with Crippen LogP contribution in [0, 0.1) is 12.7 Å². The summed E-state index contributed by atoms with van der Waals surface area (Å²) in [7, 11) is 4.27. The number of nitrogens with zero attached hydrogens (tertiary/aromatic N) is 2. The molecule has 1 saturated carbocycles. The lowest BCUT2D eigenvalue weighted by molar-refractivity contribution is 0.132. The number of aryl methyl sites for hydroxylation is 1. The summed E-state index contributed by atoms with van der Waals surface area (Å²) in [5.41, 5.74) is 2.33. The Morgan fingerprint density at radius 2 is 2.00 bits per heavy atom. The van der Waals surface area contributed by atoms with Crippen molar-refractivity contribution in [1.29, 1.82) is 0 Å². The molecule has 0 amide bonds. The van der Waals surface area contributed by atoms with Gasteiger partial charge in [0, 0.05) is 29.2 Å². The maximum absolute atomic E-state index is 13.3. The van der Waals surface area contributed by atoms with Crippen molar-refractivity contribution in [1.82, 2.24) is 9.47 Å². The van der Waals surface area contributed by atoms with E-state index in [1.54, 1.807) is 12.1 Å². The fourth-order valence-electron chi connectivity index (χ4n) is 2.91. The highest BCUT2D eigenvalue weighted by Crippen LogP contribution is 2.38. The Balaban J connectivity index is 1.94.